The maximum atomic E-state index is 13.2. The summed E-state index contributed by atoms with van der Waals surface area (Å²) in [6.07, 6.45) is 1.49. The van der Waals surface area contributed by atoms with Gasteiger partial charge in [0.1, 0.15) is 11.6 Å². The minimum absolute atomic E-state index is 0.0112. The van der Waals surface area contributed by atoms with Gasteiger partial charge in [0.2, 0.25) is 0 Å². The molecular weight excluding hydrogens is 422 g/mol. The van der Waals surface area contributed by atoms with E-state index < -0.39 is 17.2 Å². The average molecular weight is 440 g/mol. The number of nitrogen functional groups attached to an aromatic ring is 1. The monoisotopic (exact) mass is 439 g/mol. The highest BCUT2D eigenvalue weighted by Crippen LogP contribution is 2.36. The highest BCUT2D eigenvalue weighted by molar-refractivity contribution is 6.34. The zero-order valence-corrected chi connectivity index (χ0v) is 17.4. The molecule has 0 saturated carbocycles. The number of nitrogens with two attached hydrogens (primary N) is 1. The van der Waals surface area contributed by atoms with Crippen molar-refractivity contribution in [3.63, 3.8) is 0 Å². The summed E-state index contributed by atoms with van der Waals surface area (Å²) in [6, 6.07) is 10.2. The van der Waals surface area contributed by atoms with E-state index >= 15 is 0 Å². The van der Waals surface area contributed by atoms with Gasteiger partial charge in [-0.3, -0.25) is 18.7 Å². The summed E-state index contributed by atoms with van der Waals surface area (Å²) in [5.41, 5.74) is 5.67. The number of nitrogens with one attached hydrogen (secondary N) is 1. The molecule has 4 aromatic rings. The van der Waals surface area contributed by atoms with E-state index in [0.717, 1.165) is 4.57 Å². The van der Waals surface area contributed by atoms with E-state index in [1.807, 2.05) is 0 Å². The molecule has 0 aliphatic rings. The molecule has 9 nitrogen and oxygen atoms in total. The Morgan fingerprint density at radius 3 is 2.58 bits per heavy atom. The molecule has 0 radical (unpaired) electrons. The molecule has 0 atom stereocenters. The van der Waals surface area contributed by atoms with Crippen molar-refractivity contribution in [2.24, 2.45) is 14.1 Å². The lowest BCUT2D eigenvalue weighted by atomic mass is 9.96. The van der Waals surface area contributed by atoms with E-state index in [1.165, 1.54) is 24.9 Å². The number of aromatic nitrogens is 3. The molecule has 1 aromatic carbocycles. The number of rotatable bonds is 4. The fourth-order valence-electron chi connectivity index (χ4n) is 3.44. The first-order valence-corrected chi connectivity index (χ1v) is 9.63. The highest BCUT2D eigenvalue weighted by atomic mass is 35.5. The number of carbonyl (C=O) groups is 1. The molecular formula is C21H18ClN5O4. The van der Waals surface area contributed by atoms with Crippen LogP contribution < -0.4 is 22.3 Å². The zero-order chi connectivity index (χ0) is 22.3. The van der Waals surface area contributed by atoms with Gasteiger partial charge in [0.15, 0.2) is 5.65 Å². The number of carbonyl (C=O) groups excluding carboxylic acids is 1. The molecule has 158 valence electrons. The van der Waals surface area contributed by atoms with Gasteiger partial charge in [-0.25, -0.2) is 9.78 Å². The van der Waals surface area contributed by atoms with Crippen molar-refractivity contribution in [1.82, 2.24) is 19.4 Å². The van der Waals surface area contributed by atoms with Crippen LogP contribution in [0.15, 0.2) is 56.7 Å². The standard InChI is InChI=1S/C21H18ClN5O4/c1-26-18-16(20(29)27(2)21(26)30)14(12-7-3-4-8-13(12)22)15(17(23)25-18)19(28)24-10-11-6-5-9-31-11/h3-9H,10H2,1-2H3,(H2,23,25)(H,24,28). The van der Waals surface area contributed by atoms with Gasteiger partial charge in [0.05, 0.1) is 23.8 Å². The van der Waals surface area contributed by atoms with Crippen LogP contribution in [0.25, 0.3) is 22.2 Å². The van der Waals surface area contributed by atoms with Crippen molar-refractivity contribution >= 4 is 34.4 Å². The van der Waals surface area contributed by atoms with Crippen molar-refractivity contribution in [1.29, 1.82) is 0 Å². The van der Waals surface area contributed by atoms with Gasteiger partial charge >= 0.3 is 5.69 Å². The maximum Gasteiger partial charge on any atom is 0.332 e. The third-order valence-electron chi connectivity index (χ3n) is 4.99. The Kier molecular flexibility index (Phi) is 5.12. The first kappa shape index (κ1) is 20.4. The molecule has 3 heterocycles. The van der Waals surface area contributed by atoms with Gasteiger partial charge in [0.25, 0.3) is 11.5 Å². The fraction of sp³-hybridized carbons (Fsp3) is 0.143. The van der Waals surface area contributed by atoms with Gasteiger partial charge in [-0.2, -0.15) is 0 Å². The average Bonchev–Trinajstić information content (AvgIpc) is 3.28. The summed E-state index contributed by atoms with van der Waals surface area (Å²) in [5.74, 6) is -0.157. The Bertz CT molecular complexity index is 1440. The maximum absolute atomic E-state index is 13.2. The van der Waals surface area contributed by atoms with E-state index in [2.05, 4.69) is 10.3 Å². The topological polar surface area (TPSA) is 125 Å². The molecule has 31 heavy (non-hydrogen) atoms. The molecule has 0 saturated heterocycles. The minimum Gasteiger partial charge on any atom is -0.467 e. The summed E-state index contributed by atoms with van der Waals surface area (Å²) in [4.78, 5) is 42.9. The second kappa shape index (κ2) is 7.77. The predicted octanol–water partition coefficient (Wildman–Crippen LogP) is 2.06. The largest absolute Gasteiger partial charge is 0.467 e. The number of hydrogen-bond donors (Lipinski definition) is 2. The number of anilines is 1. The van der Waals surface area contributed by atoms with E-state index in [-0.39, 0.29) is 34.5 Å². The smallest absolute Gasteiger partial charge is 0.332 e. The summed E-state index contributed by atoms with van der Waals surface area (Å²) < 4.78 is 7.40. The van der Waals surface area contributed by atoms with Crippen LogP contribution in [0.5, 0.6) is 0 Å². The fourth-order valence-corrected chi connectivity index (χ4v) is 3.67. The molecule has 0 unspecified atom stereocenters. The number of furan rings is 1. The van der Waals surface area contributed by atoms with Crippen molar-refractivity contribution in [2.75, 3.05) is 5.73 Å². The van der Waals surface area contributed by atoms with E-state index in [4.69, 9.17) is 21.8 Å². The number of halogens is 1. The van der Waals surface area contributed by atoms with Gasteiger partial charge in [-0.05, 0) is 18.2 Å². The molecule has 4 rings (SSSR count). The summed E-state index contributed by atoms with van der Waals surface area (Å²) in [7, 11) is 2.83. The van der Waals surface area contributed by atoms with Crippen molar-refractivity contribution in [3.8, 4) is 11.1 Å². The number of benzene rings is 1. The molecule has 0 spiro atoms. The third-order valence-corrected chi connectivity index (χ3v) is 5.32. The summed E-state index contributed by atoms with van der Waals surface area (Å²) >= 11 is 6.42. The first-order chi connectivity index (χ1) is 14.8. The summed E-state index contributed by atoms with van der Waals surface area (Å²) in [5, 5.41) is 3.10. The first-order valence-electron chi connectivity index (χ1n) is 9.26. The third kappa shape index (κ3) is 3.38. The zero-order valence-electron chi connectivity index (χ0n) is 16.7. The van der Waals surface area contributed by atoms with Crippen LogP contribution in [0.1, 0.15) is 16.1 Å². The molecule has 0 aliphatic carbocycles. The second-order valence-corrected chi connectivity index (χ2v) is 7.30. The Labute approximate surface area is 180 Å². The van der Waals surface area contributed by atoms with Crippen LogP contribution in [0, 0.1) is 0 Å². The molecule has 1 amide bonds. The Hall–Kier alpha value is -3.85. The highest BCUT2D eigenvalue weighted by Gasteiger charge is 2.26. The predicted molar refractivity (Wildman–Crippen MR) is 117 cm³/mol. The van der Waals surface area contributed by atoms with Crippen molar-refractivity contribution in [3.05, 3.63) is 79.8 Å². The van der Waals surface area contributed by atoms with E-state index in [9.17, 15) is 14.4 Å². The van der Waals surface area contributed by atoms with Crippen molar-refractivity contribution < 1.29 is 9.21 Å². The lowest BCUT2D eigenvalue weighted by Gasteiger charge is -2.17. The number of nitrogens with zero attached hydrogens (tertiary/aromatic N) is 3. The van der Waals surface area contributed by atoms with Gasteiger partial charge < -0.3 is 15.5 Å². The second-order valence-electron chi connectivity index (χ2n) is 6.89. The quantitative estimate of drug-likeness (QED) is 0.501. The number of amides is 1. The normalized spacial score (nSPS) is 11.1. The minimum atomic E-state index is -0.611. The van der Waals surface area contributed by atoms with Crippen LogP contribution in [0.2, 0.25) is 5.02 Å². The lowest BCUT2D eigenvalue weighted by molar-refractivity contribution is 0.0949. The Morgan fingerprint density at radius 2 is 1.90 bits per heavy atom. The molecule has 0 fully saturated rings. The number of fused-ring (bicyclic) bond motifs is 1. The number of hydrogen-bond acceptors (Lipinski definition) is 6. The van der Waals surface area contributed by atoms with Gasteiger partial charge in [-0.15, -0.1) is 0 Å². The lowest BCUT2D eigenvalue weighted by Crippen LogP contribution is -2.38. The molecule has 0 aliphatic heterocycles. The van der Waals surface area contributed by atoms with E-state index in [0.29, 0.717) is 16.3 Å². The van der Waals surface area contributed by atoms with Crippen LogP contribution in [0.3, 0.4) is 0 Å². The van der Waals surface area contributed by atoms with Crippen LogP contribution in [-0.2, 0) is 20.6 Å². The summed E-state index contributed by atoms with van der Waals surface area (Å²) in [6.45, 7) is 0.108. The van der Waals surface area contributed by atoms with Crippen LogP contribution in [-0.4, -0.2) is 20.0 Å². The van der Waals surface area contributed by atoms with Crippen molar-refractivity contribution in [2.45, 2.75) is 6.54 Å². The Morgan fingerprint density at radius 1 is 1.16 bits per heavy atom. The Balaban J connectivity index is 2.06. The van der Waals surface area contributed by atoms with Crippen LogP contribution >= 0.6 is 11.6 Å². The molecule has 10 heteroatoms. The van der Waals surface area contributed by atoms with Gasteiger partial charge in [0, 0.05) is 30.2 Å². The van der Waals surface area contributed by atoms with Gasteiger partial charge in [-0.1, -0.05) is 29.8 Å². The molecule has 3 N–H and O–H groups in total. The molecule has 0 bridgehead atoms. The van der Waals surface area contributed by atoms with E-state index in [1.54, 1.807) is 36.4 Å². The number of aryl methyl sites for hydroxylation is 1. The molecule has 3 aromatic heterocycles. The number of pyridine rings is 1. The SMILES string of the molecule is Cn1c(=O)c2c(-c3ccccc3Cl)c(C(=O)NCc3ccco3)c(N)nc2n(C)c1=O. The van der Waals surface area contributed by atoms with Crippen LogP contribution in [0.4, 0.5) is 5.82 Å².